The maximum Gasteiger partial charge on any atom is 1.00 e. The van der Waals surface area contributed by atoms with Gasteiger partial charge in [0.25, 0.3) is 0 Å². The predicted octanol–water partition coefficient (Wildman–Crippen LogP) is 0.880. The Hall–Kier alpha value is -0.460. The van der Waals surface area contributed by atoms with Gasteiger partial charge < -0.3 is 9.87 Å². The van der Waals surface area contributed by atoms with Crippen LogP contribution in [-0.2, 0) is 38.3 Å². The fourth-order valence-electron chi connectivity index (χ4n) is 0.853. The fraction of sp³-hybridized carbons (Fsp3) is 0.125. The van der Waals surface area contributed by atoms with Crippen LogP contribution in [0.3, 0.4) is 0 Å². The van der Waals surface area contributed by atoms with E-state index in [-0.39, 0.29) is 33.2 Å². The molecule has 0 fully saturated rings. The normalized spacial score (nSPS) is 11.3. The zero-order valence-electron chi connectivity index (χ0n) is 7.24. The van der Waals surface area contributed by atoms with Crippen molar-refractivity contribution in [2.24, 2.45) is 0 Å². The van der Waals surface area contributed by atoms with E-state index < -0.39 is 11.1 Å². The minimum Gasteiger partial charge on any atom is -0.768 e. The number of amides is 1. The largest absolute Gasteiger partial charge is 1.00 e. The molecule has 0 aliphatic carbocycles. The van der Waals surface area contributed by atoms with Gasteiger partial charge in [0.2, 0.25) is 5.91 Å². The van der Waals surface area contributed by atoms with Crippen molar-refractivity contribution in [2.75, 3.05) is 5.32 Å². The van der Waals surface area contributed by atoms with Gasteiger partial charge in [-0.1, -0.05) is 0 Å². The minimum absolute atomic E-state index is 0. The molecule has 0 aliphatic rings. The molecule has 0 radical (unpaired) electrons. The second-order valence-electron chi connectivity index (χ2n) is 2.44. The molecule has 0 aromatic heterocycles. The molecule has 0 spiro atoms. The third-order valence-corrected chi connectivity index (χ3v) is 2.02. The Balaban J connectivity index is 0.00000169. The summed E-state index contributed by atoms with van der Waals surface area (Å²) >= 11 is -2.21. The Morgan fingerprint density at radius 1 is 1.36 bits per heavy atom. The summed E-state index contributed by atoms with van der Waals surface area (Å²) in [6.45, 7) is 1.39. The van der Waals surface area contributed by atoms with Crippen molar-refractivity contribution in [3.8, 4) is 0 Å². The third kappa shape index (κ3) is 4.17. The first-order valence-electron chi connectivity index (χ1n) is 3.56. The first-order valence-corrected chi connectivity index (χ1v) is 4.64. The maximum absolute atomic E-state index is 10.6. The number of rotatable bonds is 2. The second kappa shape index (κ2) is 6.10. The second-order valence-corrected chi connectivity index (χ2v) is 3.38. The Morgan fingerprint density at radius 2 is 1.86 bits per heavy atom. The van der Waals surface area contributed by atoms with Crippen LogP contribution < -0.4 is 5.32 Å². The molecule has 4 nitrogen and oxygen atoms in total. The first-order chi connectivity index (χ1) is 6.09. The molecule has 0 bridgehead atoms. The Labute approximate surface area is 99.9 Å². The van der Waals surface area contributed by atoms with Gasteiger partial charge in [0.1, 0.15) is 0 Å². The van der Waals surface area contributed by atoms with Crippen LogP contribution in [0.5, 0.6) is 0 Å². The van der Waals surface area contributed by atoms with Gasteiger partial charge in [-0.25, -0.2) is 0 Å². The summed E-state index contributed by atoms with van der Waals surface area (Å²) in [6.07, 6.45) is 0. The summed E-state index contributed by atoms with van der Waals surface area (Å²) in [4.78, 5) is 10.8. The van der Waals surface area contributed by atoms with Crippen LogP contribution in [0.25, 0.3) is 0 Å². The van der Waals surface area contributed by atoms with E-state index in [1.165, 1.54) is 31.2 Å². The summed E-state index contributed by atoms with van der Waals surface area (Å²) < 4.78 is 20.9. The molecule has 1 aromatic carbocycles. The Bertz CT molecular complexity index is 339. The van der Waals surface area contributed by atoms with Gasteiger partial charge in [-0.3, -0.25) is 9.00 Å². The van der Waals surface area contributed by atoms with Crippen LogP contribution in [0.4, 0.5) is 5.69 Å². The molecule has 14 heavy (non-hydrogen) atoms. The molecule has 1 N–H and O–H groups in total. The van der Waals surface area contributed by atoms with Gasteiger partial charge >= 0.3 is 22.4 Å². The third-order valence-electron chi connectivity index (χ3n) is 1.37. The summed E-state index contributed by atoms with van der Waals surface area (Å²) in [7, 11) is 0. The minimum atomic E-state index is -2.21. The van der Waals surface area contributed by atoms with Gasteiger partial charge in [-0.15, -0.1) is 0 Å². The van der Waals surface area contributed by atoms with Gasteiger partial charge in [0, 0.05) is 17.5 Å². The number of carbonyl (C=O) groups is 1. The van der Waals surface area contributed by atoms with Crippen molar-refractivity contribution in [1.82, 2.24) is 0 Å². The van der Waals surface area contributed by atoms with Gasteiger partial charge in [0.15, 0.2) is 0 Å². The zero-order chi connectivity index (χ0) is 9.84. The quantitative estimate of drug-likeness (QED) is 0.651. The molecule has 1 rings (SSSR count). The van der Waals surface area contributed by atoms with E-state index in [1.54, 1.807) is 0 Å². The first kappa shape index (κ1) is 13.5. The van der Waals surface area contributed by atoms with E-state index in [0.29, 0.717) is 5.69 Å². The predicted molar refractivity (Wildman–Crippen MR) is 47.9 cm³/mol. The summed E-state index contributed by atoms with van der Waals surface area (Å²) in [5.41, 5.74) is 0.585. The number of anilines is 1. The average molecular weight is 306 g/mol. The number of benzene rings is 1. The van der Waals surface area contributed by atoms with Gasteiger partial charge in [0.05, 0.1) is 0 Å². The van der Waals surface area contributed by atoms with Crippen LogP contribution in [0, 0.1) is 0 Å². The van der Waals surface area contributed by atoms with E-state index >= 15 is 0 Å². The van der Waals surface area contributed by atoms with Crippen LogP contribution >= 0.6 is 0 Å². The fourth-order valence-corrected chi connectivity index (χ4v) is 1.21. The molecule has 1 atom stereocenters. The SMILES string of the molecule is CC(=O)Nc1ccc(S(=O)[O-])cc1.[Ag+]. The van der Waals surface area contributed by atoms with Crippen LogP contribution in [-0.4, -0.2) is 14.7 Å². The van der Waals surface area contributed by atoms with Gasteiger partial charge in [-0.05, 0) is 35.3 Å². The van der Waals surface area contributed by atoms with E-state index in [4.69, 9.17) is 0 Å². The number of carbonyl (C=O) groups excluding carboxylic acids is 1. The summed E-state index contributed by atoms with van der Waals surface area (Å²) in [6, 6.07) is 5.92. The smallest absolute Gasteiger partial charge is 0.768 e. The molecule has 0 heterocycles. The van der Waals surface area contributed by atoms with Crippen LogP contribution in [0.1, 0.15) is 6.92 Å². The number of hydrogen-bond acceptors (Lipinski definition) is 3. The van der Waals surface area contributed by atoms with Crippen molar-refractivity contribution in [2.45, 2.75) is 11.8 Å². The van der Waals surface area contributed by atoms with Crippen LogP contribution in [0.2, 0.25) is 0 Å². The monoisotopic (exact) mass is 305 g/mol. The molecule has 1 unspecified atom stereocenters. The summed E-state index contributed by atoms with van der Waals surface area (Å²) in [5, 5.41) is 2.53. The standard InChI is InChI=1S/C8H9NO3S.Ag/c1-6(10)9-7-2-4-8(5-3-7)13(11)12;/h2-5H,1H3,(H,9,10)(H,11,12);/q;+1/p-1. The zero-order valence-corrected chi connectivity index (χ0v) is 9.54. The number of hydrogen-bond donors (Lipinski definition) is 1. The van der Waals surface area contributed by atoms with E-state index in [9.17, 15) is 13.6 Å². The average Bonchev–Trinajstić information content (AvgIpc) is 2.04. The van der Waals surface area contributed by atoms with E-state index in [2.05, 4.69) is 5.32 Å². The maximum atomic E-state index is 10.6. The Kier molecular flexibility index (Phi) is 5.90. The van der Waals surface area contributed by atoms with E-state index in [1.807, 2.05) is 0 Å². The molecule has 80 valence electrons. The van der Waals surface area contributed by atoms with E-state index in [0.717, 1.165) is 0 Å². The topological polar surface area (TPSA) is 69.2 Å². The molecule has 0 aliphatic heterocycles. The molecule has 6 heteroatoms. The molecule has 1 amide bonds. The molecule has 0 saturated heterocycles. The Morgan fingerprint density at radius 3 is 2.21 bits per heavy atom. The van der Waals surface area contributed by atoms with Crippen molar-refractivity contribution in [1.29, 1.82) is 0 Å². The summed E-state index contributed by atoms with van der Waals surface area (Å²) in [5.74, 6) is -0.184. The van der Waals surface area contributed by atoms with Crippen molar-refractivity contribution in [3.05, 3.63) is 24.3 Å². The van der Waals surface area contributed by atoms with Crippen molar-refractivity contribution >= 4 is 22.7 Å². The van der Waals surface area contributed by atoms with Crippen molar-refractivity contribution in [3.63, 3.8) is 0 Å². The van der Waals surface area contributed by atoms with Gasteiger partial charge in [-0.2, -0.15) is 0 Å². The molecule has 1 aromatic rings. The number of nitrogens with one attached hydrogen (secondary N) is 1. The molecule has 0 saturated carbocycles. The van der Waals surface area contributed by atoms with Crippen molar-refractivity contribution < 1.29 is 35.9 Å². The molecular weight excluding hydrogens is 298 g/mol. The van der Waals surface area contributed by atoms with Crippen LogP contribution in [0.15, 0.2) is 29.2 Å². The molecular formula is C8H8AgNO3S.